The topological polar surface area (TPSA) is 98.7 Å². The summed E-state index contributed by atoms with van der Waals surface area (Å²) in [6.07, 6.45) is 0. The second-order valence-electron chi connectivity index (χ2n) is 2.61. The lowest BCUT2D eigenvalue weighted by Gasteiger charge is -2.16. The van der Waals surface area contributed by atoms with Gasteiger partial charge in [0.2, 0.25) is 11.6 Å². The highest BCUT2D eigenvalue weighted by molar-refractivity contribution is 6.22. The van der Waals surface area contributed by atoms with E-state index in [0.717, 1.165) is 0 Å². The monoisotopic (exact) mass is 198 g/mol. The van der Waals surface area contributed by atoms with Crippen LogP contribution in [0.4, 0.5) is 0 Å². The Balaban J connectivity index is 3.28. The van der Waals surface area contributed by atoms with Gasteiger partial charge in [0.1, 0.15) is 11.4 Å². The summed E-state index contributed by atoms with van der Waals surface area (Å²) in [5, 5.41) is 23.3. The third-order valence-electron chi connectivity index (χ3n) is 1.86. The Hall–Kier alpha value is -1.98. The Morgan fingerprint density at radius 1 is 0.857 bits per heavy atom. The van der Waals surface area contributed by atoms with Crippen LogP contribution in [0.3, 0.4) is 0 Å². The van der Waals surface area contributed by atoms with Gasteiger partial charge in [-0.3, -0.25) is 9.59 Å². The van der Waals surface area contributed by atoms with Crippen molar-refractivity contribution in [3.05, 3.63) is 22.9 Å². The van der Waals surface area contributed by atoms with Gasteiger partial charge in [-0.1, -0.05) is 0 Å². The third kappa shape index (κ3) is 1.20. The number of aliphatic hydroxyl groups excluding tert-OH is 2. The quantitative estimate of drug-likeness (QED) is 0.430. The zero-order valence-corrected chi connectivity index (χ0v) is 7.71. The van der Waals surface area contributed by atoms with E-state index in [1.54, 1.807) is 0 Å². The molecule has 1 aliphatic carbocycles. The maximum Gasteiger partial charge on any atom is 0.249 e. The van der Waals surface area contributed by atoms with E-state index >= 15 is 0 Å². The van der Waals surface area contributed by atoms with Crippen LogP contribution in [-0.4, -0.2) is 35.9 Å². The molecule has 6 heteroatoms. The summed E-state index contributed by atoms with van der Waals surface area (Å²) in [7, 11) is 2.74. The molecule has 0 aromatic carbocycles. The van der Waals surface area contributed by atoms with Crippen molar-refractivity contribution in [2.24, 2.45) is 0 Å². The first-order valence-electron chi connectivity index (χ1n) is 3.86. The van der Waals surface area contributed by atoms with Gasteiger partial charge in [0, 0.05) is 14.1 Å². The molecule has 76 valence electrons. The molecule has 0 heterocycles. The molecule has 0 saturated carbocycles. The largest absolute Gasteiger partial charge is 0.503 e. The Morgan fingerprint density at radius 3 is 1.36 bits per heavy atom. The summed E-state index contributed by atoms with van der Waals surface area (Å²) in [4.78, 5) is 22.6. The SMILES string of the molecule is CNC1=C(O)C(=O)C(NC)=C(O)C1=O. The summed E-state index contributed by atoms with van der Waals surface area (Å²) in [5.74, 6) is -3.01. The number of ketones is 2. The van der Waals surface area contributed by atoms with E-state index in [4.69, 9.17) is 0 Å². The number of hydrogen-bond acceptors (Lipinski definition) is 6. The maximum atomic E-state index is 11.3. The van der Waals surface area contributed by atoms with E-state index in [2.05, 4.69) is 10.6 Å². The molecule has 1 aliphatic rings. The number of carbonyl (C=O) groups excluding carboxylic acids is 2. The van der Waals surface area contributed by atoms with Crippen LogP contribution in [-0.2, 0) is 9.59 Å². The molecule has 4 N–H and O–H groups in total. The lowest BCUT2D eigenvalue weighted by Crippen LogP contribution is -2.33. The van der Waals surface area contributed by atoms with E-state index in [1.165, 1.54) is 14.1 Å². The Labute approximate surface area is 79.9 Å². The molecule has 0 radical (unpaired) electrons. The van der Waals surface area contributed by atoms with Gasteiger partial charge in [-0.25, -0.2) is 0 Å². The van der Waals surface area contributed by atoms with E-state index in [9.17, 15) is 19.8 Å². The van der Waals surface area contributed by atoms with Crippen molar-refractivity contribution in [2.75, 3.05) is 14.1 Å². The molecule has 0 atom stereocenters. The van der Waals surface area contributed by atoms with E-state index < -0.39 is 23.1 Å². The highest BCUT2D eigenvalue weighted by Gasteiger charge is 2.33. The van der Waals surface area contributed by atoms with Gasteiger partial charge >= 0.3 is 0 Å². The maximum absolute atomic E-state index is 11.3. The fourth-order valence-corrected chi connectivity index (χ4v) is 1.14. The standard InChI is InChI=1S/C8H10N2O4/c1-9-3-5(11)7(13)4(10-2)8(14)6(3)12/h9-11,14H,1-2H3. The number of carbonyl (C=O) groups is 2. The lowest BCUT2D eigenvalue weighted by molar-refractivity contribution is -0.120. The van der Waals surface area contributed by atoms with Gasteiger partial charge in [-0.05, 0) is 0 Å². The summed E-state index contributed by atoms with van der Waals surface area (Å²) < 4.78 is 0. The van der Waals surface area contributed by atoms with Crippen LogP contribution in [0.25, 0.3) is 0 Å². The molecule has 0 saturated heterocycles. The van der Waals surface area contributed by atoms with Crippen molar-refractivity contribution in [3.63, 3.8) is 0 Å². The highest BCUT2D eigenvalue weighted by Crippen LogP contribution is 2.17. The molecule has 0 amide bonds. The minimum atomic E-state index is -0.811. The van der Waals surface area contributed by atoms with Crippen molar-refractivity contribution < 1.29 is 19.8 Å². The van der Waals surface area contributed by atoms with Crippen molar-refractivity contribution in [1.29, 1.82) is 0 Å². The number of nitrogens with one attached hydrogen (secondary N) is 2. The fourth-order valence-electron chi connectivity index (χ4n) is 1.14. The van der Waals surface area contributed by atoms with Crippen LogP contribution < -0.4 is 10.6 Å². The van der Waals surface area contributed by atoms with Gasteiger partial charge in [-0.15, -0.1) is 0 Å². The van der Waals surface area contributed by atoms with Gasteiger partial charge in [-0.2, -0.15) is 0 Å². The Bertz CT molecular complexity index is 332. The average Bonchev–Trinajstić information content (AvgIpc) is 2.17. The summed E-state index contributed by atoms with van der Waals surface area (Å²) in [6.45, 7) is 0. The highest BCUT2D eigenvalue weighted by atomic mass is 16.3. The molecule has 6 nitrogen and oxygen atoms in total. The summed E-state index contributed by atoms with van der Waals surface area (Å²) >= 11 is 0. The molecule has 0 fully saturated rings. The van der Waals surface area contributed by atoms with Crippen molar-refractivity contribution in [2.45, 2.75) is 0 Å². The number of likely N-dealkylation sites (N-methyl/N-ethyl adjacent to an activating group) is 2. The van der Waals surface area contributed by atoms with Crippen LogP contribution in [0.5, 0.6) is 0 Å². The molecule has 14 heavy (non-hydrogen) atoms. The van der Waals surface area contributed by atoms with Crippen LogP contribution in [0.2, 0.25) is 0 Å². The first kappa shape index (κ1) is 10.1. The van der Waals surface area contributed by atoms with Crippen LogP contribution in [0, 0.1) is 0 Å². The normalized spacial score (nSPS) is 17.6. The second kappa shape index (κ2) is 3.41. The zero-order valence-electron chi connectivity index (χ0n) is 7.71. The summed E-state index contributed by atoms with van der Waals surface area (Å²) in [5.41, 5.74) is -0.599. The second-order valence-corrected chi connectivity index (χ2v) is 2.61. The molecular weight excluding hydrogens is 188 g/mol. The van der Waals surface area contributed by atoms with Crippen LogP contribution in [0.1, 0.15) is 0 Å². The molecule has 1 rings (SSSR count). The molecule has 0 bridgehead atoms. The number of rotatable bonds is 2. The van der Waals surface area contributed by atoms with Crippen molar-refractivity contribution >= 4 is 11.6 Å². The summed E-state index contributed by atoms with van der Waals surface area (Å²) in [6, 6.07) is 0. The predicted molar refractivity (Wildman–Crippen MR) is 47.4 cm³/mol. The average molecular weight is 198 g/mol. The molecule has 0 aliphatic heterocycles. The zero-order chi connectivity index (χ0) is 10.9. The molecule has 0 aromatic rings. The van der Waals surface area contributed by atoms with Gasteiger partial charge in [0.15, 0.2) is 11.5 Å². The van der Waals surface area contributed by atoms with E-state index in [0.29, 0.717) is 0 Å². The number of aliphatic hydroxyl groups is 2. The molecule has 0 spiro atoms. The lowest BCUT2D eigenvalue weighted by atomic mass is 10.0. The van der Waals surface area contributed by atoms with Crippen LogP contribution in [0.15, 0.2) is 22.9 Å². The Morgan fingerprint density at radius 2 is 1.14 bits per heavy atom. The minimum absolute atomic E-state index is 0.300. The molecule has 0 unspecified atom stereocenters. The smallest absolute Gasteiger partial charge is 0.249 e. The number of Topliss-reactive ketones (excluding diaryl/α,β-unsaturated/α-hetero) is 2. The van der Waals surface area contributed by atoms with E-state index in [-0.39, 0.29) is 11.4 Å². The van der Waals surface area contributed by atoms with Gasteiger partial charge in [0.25, 0.3) is 0 Å². The number of hydrogen-bond donors (Lipinski definition) is 4. The molecule has 0 aromatic heterocycles. The van der Waals surface area contributed by atoms with Crippen molar-refractivity contribution in [1.82, 2.24) is 10.6 Å². The van der Waals surface area contributed by atoms with Crippen molar-refractivity contribution in [3.8, 4) is 0 Å². The van der Waals surface area contributed by atoms with E-state index in [1.807, 2.05) is 0 Å². The van der Waals surface area contributed by atoms with Gasteiger partial charge in [0.05, 0.1) is 0 Å². The minimum Gasteiger partial charge on any atom is -0.503 e. The first-order chi connectivity index (χ1) is 6.54. The Kier molecular flexibility index (Phi) is 2.46. The first-order valence-corrected chi connectivity index (χ1v) is 3.86. The fraction of sp³-hybridized carbons (Fsp3) is 0.250. The predicted octanol–water partition coefficient (Wildman–Crippen LogP) is -0.884. The van der Waals surface area contributed by atoms with Crippen LogP contribution >= 0.6 is 0 Å². The third-order valence-corrected chi connectivity index (χ3v) is 1.86. The van der Waals surface area contributed by atoms with Gasteiger partial charge < -0.3 is 20.8 Å². The molecular formula is C8H10N2O4.